The van der Waals surface area contributed by atoms with Gasteiger partial charge in [0.05, 0.1) is 0 Å². The van der Waals surface area contributed by atoms with E-state index in [0.717, 1.165) is 22.3 Å². The molecule has 0 aliphatic heterocycles. The first-order valence-corrected chi connectivity index (χ1v) is 4.34. The highest BCUT2D eigenvalue weighted by Crippen LogP contribution is 2.19. The van der Waals surface area contributed by atoms with Crippen LogP contribution in [0.1, 0.15) is 24.0 Å². The zero-order valence-corrected chi connectivity index (χ0v) is 8.14. The zero-order chi connectivity index (χ0) is 9.14. The molecule has 12 heavy (non-hydrogen) atoms. The van der Waals surface area contributed by atoms with E-state index in [1.165, 1.54) is 0 Å². The third-order valence-electron chi connectivity index (χ3n) is 1.96. The molecule has 0 aliphatic rings. The Morgan fingerprint density at radius 3 is 2.67 bits per heavy atom. The smallest absolute Gasteiger partial charge is 0.127 e. The van der Waals surface area contributed by atoms with Crippen molar-refractivity contribution in [1.82, 2.24) is 0 Å². The Labute approximate surface area is 78.2 Å². The SMILES string of the molecule is Cc1ccc(C(C)C=O)cc1S. The van der Waals surface area contributed by atoms with Gasteiger partial charge in [0, 0.05) is 10.8 Å². The van der Waals surface area contributed by atoms with Crippen molar-refractivity contribution in [2.45, 2.75) is 24.7 Å². The fourth-order valence-electron chi connectivity index (χ4n) is 0.988. The summed E-state index contributed by atoms with van der Waals surface area (Å²) in [5.74, 6) is -0.0310. The van der Waals surface area contributed by atoms with Crippen LogP contribution in [0.4, 0.5) is 0 Å². The van der Waals surface area contributed by atoms with Crippen LogP contribution in [0.2, 0.25) is 0 Å². The quantitative estimate of drug-likeness (QED) is 0.547. The Kier molecular flexibility index (Phi) is 2.93. The minimum Gasteiger partial charge on any atom is -0.303 e. The lowest BCUT2D eigenvalue weighted by Crippen LogP contribution is -1.94. The molecule has 0 bridgehead atoms. The number of rotatable bonds is 2. The second-order valence-electron chi connectivity index (χ2n) is 2.97. The fraction of sp³-hybridized carbons (Fsp3) is 0.300. The monoisotopic (exact) mass is 180 g/mol. The first-order valence-electron chi connectivity index (χ1n) is 3.90. The van der Waals surface area contributed by atoms with Gasteiger partial charge in [-0.1, -0.05) is 19.1 Å². The number of thiol groups is 1. The van der Waals surface area contributed by atoms with Gasteiger partial charge < -0.3 is 4.79 Å². The summed E-state index contributed by atoms with van der Waals surface area (Å²) in [5, 5.41) is 0. The lowest BCUT2D eigenvalue weighted by atomic mass is 10.0. The number of aryl methyl sites for hydroxylation is 1. The van der Waals surface area contributed by atoms with Gasteiger partial charge in [-0.25, -0.2) is 0 Å². The number of benzene rings is 1. The van der Waals surface area contributed by atoms with Gasteiger partial charge >= 0.3 is 0 Å². The van der Waals surface area contributed by atoms with Crippen molar-refractivity contribution in [3.05, 3.63) is 29.3 Å². The second kappa shape index (κ2) is 3.76. The van der Waals surface area contributed by atoms with Gasteiger partial charge in [0.25, 0.3) is 0 Å². The van der Waals surface area contributed by atoms with Crippen LogP contribution in [0.15, 0.2) is 23.1 Å². The third kappa shape index (κ3) is 1.89. The van der Waals surface area contributed by atoms with Crippen molar-refractivity contribution in [3.63, 3.8) is 0 Å². The molecule has 1 nitrogen and oxygen atoms in total. The summed E-state index contributed by atoms with van der Waals surface area (Å²) >= 11 is 4.29. The lowest BCUT2D eigenvalue weighted by molar-refractivity contribution is -0.108. The van der Waals surface area contributed by atoms with Gasteiger partial charge in [0.1, 0.15) is 6.29 Å². The molecule has 0 fully saturated rings. The molecule has 0 spiro atoms. The molecule has 1 unspecified atom stereocenters. The maximum Gasteiger partial charge on any atom is 0.127 e. The highest BCUT2D eigenvalue weighted by atomic mass is 32.1. The Morgan fingerprint density at radius 2 is 2.17 bits per heavy atom. The zero-order valence-electron chi connectivity index (χ0n) is 7.24. The molecule has 0 saturated carbocycles. The van der Waals surface area contributed by atoms with Gasteiger partial charge in [-0.05, 0) is 24.1 Å². The van der Waals surface area contributed by atoms with Crippen molar-refractivity contribution < 1.29 is 4.79 Å². The molecular weight excluding hydrogens is 168 g/mol. The Morgan fingerprint density at radius 1 is 1.50 bits per heavy atom. The van der Waals surface area contributed by atoms with E-state index in [9.17, 15) is 4.79 Å². The van der Waals surface area contributed by atoms with Crippen molar-refractivity contribution >= 4 is 18.9 Å². The normalized spacial score (nSPS) is 12.6. The Balaban J connectivity index is 3.04. The van der Waals surface area contributed by atoms with E-state index in [0.29, 0.717) is 0 Å². The van der Waals surface area contributed by atoms with Crippen LogP contribution in [0.3, 0.4) is 0 Å². The molecule has 0 aliphatic carbocycles. The van der Waals surface area contributed by atoms with Gasteiger partial charge in [0.2, 0.25) is 0 Å². The predicted octanol–water partition coefficient (Wildman–Crippen LogP) is 2.59. The van der Waals surface area contributed by atoms with Gasteiger partial charge in [0.15, 0.2) is 0 Å². The van der Waals surface area contributed by atoms with Crippen LogP contribution < -0.4 is 0 Å². The average Bonchev–Trinajstić information content (AvgIpc) is 2.08. The number of hydrogen-bond acceptors (Lipinski definition) is 2. The molecule has 0 N–H and O–H groups in total. The number of aldehydes is 1. The summed E-state index contributed by atoms with van der Waals surface area (Å²) in [6.07, 6.45) is 0.942. The summed E-state index contributed by atoms with van der Waals surface area (Å²) in [4.78, 5) is 11.4. The van der Waals surface area contributed by atoms with E-state index >= 15 is 0 Å². The number of carbonyl (C=O) groups is 1. The van der Waals surface area contributed by atoms with Gasteiger partial charge in [-0.3, -0.25) is 0 Å². The number of carbonyl (C=O) groups excluding carboxylic acids is 1. The first kappa shape index (κ1) is 9.33. The molecule has 1 aromatic carbocycles. The van der Waals surface area contributed by atoms with Crippen molar-refractivity contribution in [2.75, 3.05) is 0 Å². The summed E-state index contributed by atoms with van der Waals surface area (Å²) in [7, 11) is 0. The second-order valence-corrected chi connectivity index (χ2v) is 3.45. The standard InChI is InChI=1S/C10H12OS/c1-7-3-4-9(5-10(7)12)8(2)6-11/h3-6,8,12H,1-2H3. The first-order chi connectivity index (χ1) is 5.65. The van der Waals surface area contributed by atoms with E-state index in [1.807, 2.05) is 32.0 Å². The van der Waals surface area contributed by atoms with E-state index in [2.05, 4.69) is 12.6 Å². The van der Waals surface area contributed by atoms with Crippen LogP contribution in [-0.4, -0.2) is 6.29 Å². The molecule has 0 saturated heterocycles. The molecular formula is C10H12OS. The highest BCUT2D eigenvalue weighted by molar-refractivity contribution is 7.80. The largest absolute Gasteiger partial charge is 0.303 e. The van der Waals surface area contributed by atoms with Crippen LogP contribution in [-0.2, 0) is 4.79 Å². The molecule has 1 aromatic rings. The number of hydrogen-bond donors (Lipinski definition) is 1. The van der Waals surface area contributed by atoms with E-state index in [1.54, 1.807) is 0 Å². The lowest BCUT2D eigenvalue weighted by Gasteiger charge is -2.06. The maximum absolute atomic E-state index is 10.5. The van der Waals surface area contributed by atoms with Crippen molar-refractivity contribution in [1.29, 1.82) is 0 Å². The molecule has 0 amide bonds. The summed E-state index contributed by atoms with van der Waals surface area (Å²) < 4.78 is 0. The van der Waals surface area contributed by atoms with Gasteiger partial charge in [-0.15, -0.1) is 12.6 Å². The molecule has 2 heteroatoms. The molecule has 1 atom stereocenters. The minimum absolute atomic E-state index is 0.0310. The minimum atomic E-state index is -0.0310. The molecule has 0 heterocycles. The van der Waals surface area contributed by atoms with Crippen molar-refractivity contribution in [3.8, 4) is 0 Å². The van der Waals surface area contributed by atoms with Gasteiger partial charge in [-0.2, -0.15) is 0 Å². The van der Waals surface area contributed by atoms with Crippen LogP contribution >= 0.6 is 12.6 Å². The summed E-state index contributed by atoms with van der Waals surface area (Å²) in [6, 6.07) is 5.89. The van der Waals surface area contributed by atoms with Crippen LogP contribution in [0.5, 0.6) is 0 Å². The fourth-order valence-corrected chi connectivity index (χ4v) is 1.21. The molecule has 64 valence electrons. The summed E-state index contributed by atoms with van der Waals surface area (Å²) in [5.41, 5.74) is 2.17. The molecule has 1 rings (SSSR count). The highest BCUT2D eigenvalue weighted by Gasteiger charge is 2.04. The average molecular weight is 180 g/mol. The van der Waals surface area contributed by atoms with E-state index in [-0.39, 0.29) is 5.92 Å². The van der Waals surface area contributed by atoms with Crippen LogP contribution in [0.25, 0.3) is 0 Å². The molecule has 0 radical (unpaired) electrons. The maximum atomic E-state index is 10.5. The van der Waals surface area contributed by atoms with Crippen molar-refractivity contribution in [2.24, 2.45) is 0 Å². The van der Waals surface area contributed by atoms with E-state index < -0.39 is 0 Å². The Bertz CT molecular complexity index is 294. The topological polar surface area (TPSA) is 17.1 Å². The third-order valence-corrected chi connectivity index (χ3v) is 2.44. The van der Waals surface area contributed by atoms with Crippen LogP contribution in [0, 0.1) is 6.92 Å². The summed E-state index contributed by atoms with van der Waals surface area (Å²) in [6.45, 7) is 3.88. The van der Waals surface area contributed by atoms with E-state index in [4.69, 9.17) is 0 Å². The molecule has 0 aromatic heterocycles. The Hall–Kier alpha value is -0.760. The predicted molar refractivity (Wildman–Crippen MR) is 52.9 cm³/mol.